The highest BCUT2D eigenvalue weighted by Crippen LogP contribution is 2.37. The van der Waals surface area contributed by atoms with E-state index in [9.17, 15) is 18.3 Å². The number of H-pyrrole nitrogens is 1. The van der Waals surface area contributed by atoms with Gasteiger partial charge in [0.25, 0.3) is 0 Å². The number of fused-ring (bicyclic) bond motifs is 1. The first kappa shape index (κ1) is 14.2. The van der Waals surface area contributed by atoms with Crippen LogP contribution in [0.4, 0.5) is 13.2 Å². The lowest BCUT2D eigenvalue weighted by molar-refractivity contribution is -0.274. The van der Waals surface area contributed by atoms with Crippen molar-refractivity contribution in [2.75, 3.05) is 0 Å². The van der Waals surface area contributed by atoms with Crippen molar-refractivity contribution < 1.29 is 23.0 Å². The number of rotatable bonds is 2. The molecule has 0 aromatic heterocycles. The molecule has 0 fully saturated rings. The van der Waals surface area contributed by atoms with Gasteiger partial charge in [-0.15, -0.1) is 13.2 Å². The number of hydrogen-bond acceptors (Lipinski definition) is 4. The summed E-state index contributed by atoms with van der Waals surface area (Å²) in [6.45, 7) is 1.65. The van der Waals surface area contributed by atoms with Gasteiger partial charge in [-0.25, -0.2) is 4.98 Å². The predicted octanol–water partition coefficient (Wildman–Crippen LogP) is 3.49. The number of nitrogens with zero attached hydrogens (tertiary/aromatic N) is 2. The van der Waals surface area contributed by atoms with Crippen LogP contribution in [0.15, 0.2) is 30.3 Å². The number of hydrogen-bond donors (Lipinski definition) is 2. The van der Waals surface area contributed by atoms with Crippen LogP contribution in [0.25, 0.3) is 22.6 Å². The lowest BCUT2D eigenvalue weighted by Crippen LogP contribution is -2.17. The number of alkyl halides is 3. The van der Waals surface area contributed by atoms with E-state index < -0.39 is 6.36 Å². The fraction of sp³-hybridized carbons (Fsp3) is 0.143. The molecule has 0 spiro atoms. The predicted molar refractivity (Wildman–Crippen MR) is 71.5 cm³/mol. The molecule has 0 amide bonds. The van der Waals surface area contributed by atoms with Gasteiger partial charge in [0.05, 0.1) is 11.4 Å². The lowest BCUT2D eigenvalue weighted by Gasteiger charge is -2.11. The molecular weight excluding hydrogens is 299 g/mol. The first-order chi connectivity index (χ1) is 10.3. The van der Waals surface area contributed by atoms with Crippen molar-refractivity contribution in [2.45, 2.75) is 13.3 Å². The van der Waals surface area contributed by atoms with Crippen molar-refractivity contribution in [1.82, 2.24) is 15.0 Å². The van der Waals surface area contributed by atoms with Crippen LogP contribution in [0, 0.1) is 6.92 Å². The van der Waals surface area contributed by atoms with Crippen LogP contribution in [-0.2, 0) is 0 Å². The van der Waals surface area contributed by atoms with E-state index in [1.54, 1.807) is 13.0 Å². The van der Waals surface area contributed by atoms with Crippen molar-refractivity contribution in [2.24, 2.45) is 0 Å². The van der Waals surface area contributed by atoms with Crippen molar-refractivity contribution >= 4 is 0 Å². The normalized spacial score (nSPS) is 11.8. The number of benzene rings is 1. The molecular formula is C14H10F3N3O2. The Hall–Kier alpha value is -2.77. The van der Waals surface area contributed by atoms with Gasteiger partial charge in [0.1, 0.15) is 17.3 Å². The minimum atomic E-state index is -4.80. The number of aromatic hydroxyl groups is 1. The van der Waals surface area contributed by atoms with Crippen LogP contribution < -0.4 is 4.74 Å². The van der Waals surface area contributed by atoms with Crippen LogP contribution in [0.3, 0.4) is 0 Å². The second kappa shape index (κ2) is 4.90. The largest absolute Gasteiger partial charge is 0.573 e. The lowest BCUT2D eigenvalue weighted by atomic mass is 10.1. The van der Waals surface area contributed by atoms with Crippen molar-refractivity contribution in [1.29, 1.82) is 0 Å². The maximum Gasteiger partial charge on any atom is 0.573 e. The summed E-state index contributed by atoms with van der Waals surface area (Å²) in [5, 5.41) is 9.76. The van der Waals surface area contributed by atoms with E-state index in [-0.39, 0.29) is 28.6 Å². The van der Waals surface area contributed by atoms with E-state index in [4.69, 9.17) is 0 Å². The molecule has 114 valence electrons. The first-order valence-corrected chi connectivity index (χ1v) is 6.25. The minimum Gasteiger partial charge on any atom is -0.492 e. The van der Waals surface area contributed by atoms with Gasteiger partial charge < -0.3 is 14.8 Å². The van der Waals surface area contributed by atoms with Crippen molar-refractivity contribution in [3.63, 3.8) is 0 Å². The van der Waals surface area contributed by atoms with Gasteiger partial charge in [-0.1, -0.05) is 12.1 Å². The van der Waals surface area contributed by atoms with E-state index in [0.717, 1.165) is 0 Å². The summed E-state index contributed by atoms with van der Waals surface area (Å²) in [6, 6.07) is 7.20. The topological polar surface area (TPSA) is 71.0 Å². The Balaban J connectivity index is 2.13. The van der Waals surface area contributed by atoms with Gasteiger partial charge in [0.15, 0.2) is 0 Å². The number of ether oxygens (including phenoxy) is 1. The van der Waals surface area contributed by atoms with E-state index >= 15 is 0 Å². The molecule has 0 radical (unpaired) electrons. The molecule has 22 heavy (non-hydrogen) atoms. The van der Waals surface area contributed by atoms with Crippen LogP contribution in [0.5, 0.6) is 11.6 Å². The summed E-state index contributed by atoms with van der Waals surface area (Å²) < 4.78 is 41.4. The fourth-order valence-corrected chi connectivity index (χ4v) is 2.15. The molecule has 0 saturated heterocycles. The average molecular weight is 309 g/mol. The molecule has 2 heterocycles. The molecule has 2 aliphatic heterocycles. The maximum absolute atomic E-state index is 12.5. The van der Waals surface area contributed by atoms with Crippen molar-refractivity contribution in [3.05, 3.63) is 36.2 Å². The Morgan fingerprint density at radius 3 is 2.64 bits per heavy atom. The molecule has 0 aliphatic carbocycles. The Kier molecular flexibility index (Phi) is 3.16. The molecule has 5 nitrogen and oxygen atoms in total. The summed E-state index contributed by atoms with van der Waals surface area (Å²) in [6.07, 6.45) is -4.80. The Morgan fingerprint density at radius 1 is 1.18 bits per heavy atom. The Bertz CT molecular complexity index is 798. The second-order valence-electron chi connectivity index (χ2n) is 4.59. The Labute approximate surface area is 122 Å². The summed E-state index contributed by atoms with van der Waals surface area (Å²) >= 11 is 0. The molecule has 8 heteroatoms. The SMILES string of the molecule is Cc1nc(O)c2nc(-c3ccccc3OC(F)(F)F)cc-2[nH]1. The van der Waals surface area contributed by atoms with Crippen LogP contribution >= 0.6 is 0 Å². The molecule has 2 aliphatic rings. The van der Waals surface area contributed by atoms with Gasteiger partial charge in [0, 0.05) is 5.56 Å². The van der Waals surface area contributed by atoms with E-state index in [2.05, 4.69) is 19.7 Å². The molecule has 1 aromatic rings. The number of aromatic nitrogens is 3. The maximum atomic E-state index is 12.5. The number of aromatic amines is 1. The summed E-state index contributed by atoms with van der Waals surface area (Å²) in [4.78, 5) is 10.8. The highest BCUT2D eigenvalue weighted by atomic mass is 19.4. The zero-order chi connectivity index (χ0) is 15.9. The number of nitrogens with one attached hydrogen (secondary N) is 1. The molecule has 3 rings (SSSR count). The van der Waals surface area contributed by atoms with Crippen LogP contribution in [-0.4, -0.2) is 26.4 Å². The van der Waals surface area contributed by atoms with E-state index in [0.29, 0.717) is 11.5 Å². The molecule has 1 aromatic carbocycles. The Morgan fingerprint density at radius 2 is 1.91 bits per heavy atom. The summed E-state index contributed by atoms with van der Waals surface area (Å²) in [7, 11) is 0. The quantitative estimate of drug-likeness (QED) is 0.760. The average Bonchev–Trinajstić information content (AvgIpc) is 2.81. The molecule has 2 N–H and O–H groups in total. The summed E-state index contributed by atoms with van der Waals surface area (Å²) in [5.74, 6) is -0.183. The third-order valence-electron chi connectivity index (χ3n) is 2.96. The number of para-hydroxylation sites is 1. The molecule has 0 saturated carbocycles. The first-order valence-electron chi connectivity index (χ1n) is 6.25. The van der Waals surface area contributed by atoms with E-state index in [1.165, 1.54) is 24.3 Å². The molecule has 0 unspecified atom stereocenters. The molecule has 0 bridgehead atoms. The third-order valence-corrected chi connectivity index (χ3v) is 2.96. The highest BCUT2D eigenvalue weighted by molar-refractivity contribution is 5.76. The highest BCUT2D eigenvalue weighted by Gasteiger charge is 2.32. The third kappa shape index (κ3) is 2.67. The van der Waals surface area contributed by atoms with Gasteiger partial charge >= 0.3 is 6.36 Å². The standard InChI is InChI=1S/C14H10F3N3O2/c1-7-18-10-6-9(20-12(10)13(21)19-7)8-4-2-3-5-11(8)22-14(15,16)17/h2-6,21H,1H3,(H,18,19). The van der Waals surface area contributed by atoms with Gasteiger partial charge in [-0.3, -0.25) is 0 Å². The minimum absolute atomic E-state index is 0.168. The van der Waals surface area contributed by atoms with Crippen LogP contribution in [0.2, 0.25) is 0 Å². The van der Waals surface area contributed by atoms with Gasteiger partial charge in [0.2, 0.25) is 5.88 Å². The fourth-order valence-electron chi connectivity index (χ4n) is 2.15. The van der Waals surface area contributed by atoms with Crippen molar-refractivity contribution in [3.8, 4) is 34.3 Å². The summed E-state index contributed by atoms with van der Waals surface area (Å²) in [5.41, 5.74) is 1.07. The van der Waals surface area contributed by atoms with Gasteiger partial charge in [-0.05, 0) is 25.1 Å². The number of halogens is 3. The smallest absolute Gasteiger partial charge is 0.492 e. The van der Waals surface area contributed by atoms with Crippen LogP contribution in [0.1, 0.15) is 5.82 Å². The zero-order valence-corrected chi connectivity index (χ0v) is 11.3. The molecule has 0 atom stereocenters. The monoisotopic (exact) mass is 309 g/mol. The number of aryl methyl sites for hydroxylation is 1. The van der Waals surface area contributed by atoms with Gasteiger partial charge in [-0.2, -0.15) is 4.98 Å². The second-order valence-corrected chi connectivity index (χ2v) is 4.59. The zero-order valence-electron chi connectivity index (χ0n) is 11.3. The van der Waals surface area contributed by atoms with E-state index in [1.807, 2.05) is 0 Å².